The summed E-state index contributed by atoms with van der Waals surface area (Å²) in [6.45, 7) is 2.36. The second kappa shape index (κ2) is 9.77. The van der Waals surface area contributed by atoms with Gasteiger partial charge in [-0.2, -0.15) is 0 Å². The van der Waals surface area contributed by atoms with Crippen molar-refractivity contribution in [2.45, 2.75) is 19.8 Å². The molecule has 0 aliphatic heterocycles. The van der Waals surface area contributed by atoms with E-state index in [2.05, 4.69) is 16.0 Å². The molecule has 132 valence electrons. The maximum atomic E-state index is 12.1. The number of rotatable bonds is 7. The van der Waals surface area contributed by atoms with Gasteiger partial charge in [-0.25, -0.2) is 4.79 Å². The molecule has 3 N–H and O–H groups in total. The average Bonchev–Trinajstić information content (AvgIpc) is 2.52. The molecular weight excluding hydrogens is 332 g/mol. The number of nitrogens with zero attached hydrogens (tertiary/aromatic N) is 1. The van der Waals surface area contributed by atoms with Gasteiger partial charge in [0, 0.05) is 31.4 Å². The van der Waals surface area contributed by atoms with Gasteiger partial charge >= 0.3 is 6.03 Å². The van der Waals surface area contributed by atoms with Crippen molar-refractivity contribution in [1.82, 2.24) is 15.5 Å². The number of halogens is 1. The number of hydrogen-bond acceptors (Lipinski definition) is 4. The second-order valence-corrected chi connectivity index (χ2v) is 5.84. The van der Waals surface area contributed by atoms with Gasteiger partial charge in [-0.05, 0) is 24.6 Å². The molecule has 1 rings (SSSR count). The van der Waals surface area contributed by atoms with Gasteiger partial charge < -0.3 is 15.5 Å². The van der Waals surface area contributed by atoms with E-state index < -0.39 is 11.9 Å². The molecule has 0 saturated heterocycles. The molecule has 0 bridgehead atoms. The summed E-state index contributed by atoms with van der Waals surface area (Å²) >= 11 is 5.94. The maximum absolute atomic E-state index is 12.1. The fourth-order valence-corrected chi connectivity index (χ4v) is 2.03. The number of hydrogen-bond donors (Lipinski definition) is 3. The van der Waals surface area contributed by atoms with Crippen molar-refractivity contribution in [2.24, 2.45) is 0 Å². The lowest BCUT2D eigenvalue weighted by atomic mass is 10.1. The first-order valence-corrected chi connectivity index (χ1v) is 8.05. The zero-order chi connectivity index (χ0) is 18.1. The van der Waals surface area contributed by atoms with E-state index in [0.29, 0.717) is 22.8 Å². The van der Waals surface area contributed by atoms with Crippen LogP contribution in [0.15, 0.2) is 18.2 Å². The van der Waals surface area contributed by atoms with E-state index in [0.717, 1.165) is 12.8 Å². The number of benzene rings is 1. The zero-order valence-electron chi connectivity index (χ0n) is 14.1. The van der Waals surface area contributed by atoms with E-state index in [9.17, 15) is 14.4 Å². The van der Waals surface area contributed by atoms with Gasteiger partial charge in [0.25, 0.3) is 5.91 Å². The molecule has 1 aromatic rings. The number of carbonyl (C=O) groups is 3. The molecule has 0 heterocycles. The lowest BCUT2D eigenvalue weighted by Gasteiger charge is -2.15. The Hall–Kier alpha value is -2.28. The van der Waals surface area contributed by atoms with Crippen molar-refractivity contribution >= 4 is 35.1 Å². The van der Waals surface area contributed by atoms with Crippen molar-refractivity contribution in [3.8, 4) is 0 Å². The van der Waals surface area contributed by atoms with Gasteiger partial charge in [-0.15, -0.1) is 0 Å². The highest BCUT2D eigenvalue weighted by Crippen LogP contribution is 2.22. The Balaban J connectivity index is 2.63. The summed E-state index contributed by atoms with van der Waals surface area (Å²) in [5.74, 6) is -0.723. The Kier molecular flexibility index (Phi) is 8.05. The minimum absolute atomic E-state index is 0.157. The van der Waals surface area contributed by atoms with Gasteiger partial charge in [0.1, 0.15) is 0 Å². The van der Waals surface area contributed by atoms with Crippen LogP contribution in [0.3, 0.4) is 0 Å². The van der Waals surface area contributed by atoms with Crippen LogP contribution in [0.4, 0.5) is 10.5 Å². The first-order chi connectivity index (χ1) is 11.3. The number of amides is 4. The quantitative estimate of drug-likeness (QED) is 0.654. The number of nitrogens with one attached hydrogen (secondary N) is 3. The molecule has 0 spiro atoms. The molecule has 0 aliphatic rings. The average molecular weight is 355 g/mol. The molecule has 7 nitrogen and oxygen atoms in total. The molecule has 0 fully saturated rings. The molecule has 4 amide bonds. The Morgan fingerprint density at radius 2 is 1.92 bits per heavy atom. The summed E-state index contributed by atoms with van der Waals surface area (Å²) < 4.78 is 0. The van der Waals surface area contributed by atoms with Crippen LogP contribution in [-0.2, 0) is 4.79 Å². The second-order valence-electron chi connectivity index (χ2n) is 5.40. The number of anilines is 1. The van der Waals surface area contributed by atoms with Crippen LogP contribution in [0.2, 0.25) is 5.02 Å². The van der Waals surface area contributed by atoms with E-state index in [4.69, 9.17) is 11.6 Å². The van der Waals surface area contributed by atoms with Gasteiger partial charge in [-0.3, -0.25) is 14.9 Å². The van der Waals surface area contributed by atoms with Crippen LogP contribution < -0.4 is 16.0 Å². The predicted octanol–water partition coefficient (Wildman–Crippen LogP) is 2.08. The third-order valence-corrected chi connectivity index (χ3v) is 3.36. The number of unbranched alkanes of at least 4 members (excludes halogenated alkanes) is 1. The first kappa shape index (κ1) is 19.8. The third-order valence-electron chi connectivity index (χ3n) is 3.13. The van der Waals surface area contributed by atoms with Crippen LogP contribution in [0, 0.1) is 0 Å². The highest BCUT2D eigenvalue weighted by molar-refractivity contribution is 6.31. The van der Waals surface area contributed by atoms with E-state index in [-0.39, 0.29) is 12.5 Å². The molecule has 1 aromatic carbocycles. The fraction of sp³-hybridized carbons (Fsp3) is 0.438. The summed E-state index contributed by atoms with van der Waals surface area (Å²) in [6.07, 6.45) is 1.80. The first-order valence-electron chi connectivity index (χ1n) is 7.68. The summed E-state index contributed by atoms with van der Waals surface area (Å²) in [5.41, 5.74) is 0.826. The van der Waals surface area contributed by atoms with E-state index >= 15 is 0 Å². The monoisotopic (exact) mass is 354 g/mol. The number of urea groups is 1. The molecule has 24 heavy (non-hydrogen) atoms. The smallest absolute Gasteiger partial charge is 0.321 e. The van der Waals surface area contributed by atoms with Crippen molar-refractivity contribution in [1.29, 1.82) is 0 Å². The highest BCUT2D eigenvalue weighted by Gasteiger charge is 2.15. The Morgan fingerprint density at radius 1 is 1.21 bits per heavy atom. The van der Waals surface area contributed by atoms with Crippen molar-refractivity contribution in [2.75, 3.05) is 32.5 Å². The van der Waals surface area contributed by atoms with E-state index in [1.807, 2.05) is 6.92 Å². The van der Waals surface area contributed by atoms with Crippen molar-refractivity contribution in [3.05, 3.63) is 28.8 Å². The molecular formula is C16H23ClN4O3. The number of imide groups is 1. The lowest BCUT2D eigenvalue weighted by Crippen LogP contribution is -2.42. The molecule has 0 saturated carbocycles. The van der Waals surface area contributed by atoms with Crippen molar-refractivity contribution < 1.29 is 14.4 Å². The summed E-state index contributed by atoms with van der Waals surface area (Å²) in [5, 5.41) is 8.08. The molecule has 8 heteroatoms. The normalized spacial score (nSPS) is 10.0. The molecule has 0 aliphatic carbocycles. The standard InChI is InChI=1S/C16H23ClN4O3/c1-4-5-8-18-16(24)20-14(22)10-19-13-9-11(17)6-7-12(13)15(23)21(2)3/h6-7,9,19H,4-5,8,10H2,1-3H3,(H2,18,20,22,24). The maximum Gasteiger partial charge on any atom is 0.321 e. The Labute approximate surface area is 146 Å². The van der Waals surface area contributed by atoms with Gasteiger partial charge in [0.15, 0.2) is 0 Å². The van der Waals surface area contributed by atoms with Gasteiger partial charge in [0.2, 0.25) is 5.91 Å². The molecule has 0 aromatic heterocycles. The SMILES string of the molecule is CCCCNC(=O)NC(=O)CNc1cc(Cl)ccc1C(=O)N(C)C. The minimum atomic E-state index is -0.536. The molecule has 0 atom stereocenters. The van der Waals surface area contributed by atoms with Crippen LogP contribution in [0.1, 0.15) is 30.1 Å². The molecule has 0 radical (unpaired) electrons. The molecule has 0 unspecified atom stereocenters. The van der Waals surface area contributed by atoms with Gasteiger partial charge in [0.05, 0.1) is 12.1 Å². The zero-order valence-corrected chi connectivity index (χ0v) is 14.9. The third kappa shape index (κ3) is 6.45. The minimum Gasteiger partial charge on any atom is -0.375 e. The van der Waals surface area contributed by atoms with E-state index in [1.54, 1.807) is 32.3 Å². The van der Waals surface area contributed by atoms with E-state index in [1.165, 1.54) is 4.90 Å². The summed E-state index contributed by atoms with van der Waals surface area (Å²) in [7, 11) is 3.27. The Morgan fingerprint density at radius 3 is 2.54 bits per heavy atom. The van der Waals surface area contributed by atoms with Gasteiger partial charge in [-0.1, -0.05) is 24.9 Å². The fourth-order valence-electron chi connectivity index (χ4n) is 1.86. The predicted molar refractivity (Wildman–Crippen MR) is 94.4 cm³/mol. The Bertz CT molecular complexity index is 605. The topological polar surface area (TPSA) is 90.5 Å². The summed E-state index contributed by atoms with van der Waals surface area (Å²) in [6, 6.07) is 4.21. The highest BCUT2D eigenvalue weighted by atomic mass is 35.5. The lowest BCUT2D eigenvalue weighted by molar-refractivity contribution is -0.118. The van der Waals surface area contributed by atoms with Crippen LogP contribution >= 0.6 is 11.6 Å². The number of carbonyl (C=O) groups excluding carboxylic acids is 3. The van der Waals surface area contributed by atoms with Crippen LogP contribution in [-0.4, -0.2) is 49.9 Å². The van der Waals surface area contributed by atoms with Crippen molar-refractivity contribution in [3.63, 3.8) is 0 Å². The largest absolute Gasteiger partial charge is 0.375 e. The summed E-state index contributed by atoms with van der Waals surface area (Å²) in [4.78, 5) is 36.9. The van der Waals surface area contributed by atoms with Crippen LogP contribution in [0.25, 0.3) is 0 Å². The van der Waals surface area contributed by atoms with Crippen LogP contribution in [0.5, 0.6) is 0 Å².